The van der Waals surface area contributed by atoms with Crippen LogP contribution in [0.25, 0.3) is 5.73 Å². The van der Waals surface area contributed by atoms with Crippen LogP contribution in [0.4, 0.5) is 0 Å². The van der Waals surface area contributed by atoms with Gasteiger partial charge in [0.2, 0.25) is 17.7 Å². The second-order valence-electron chi connectivity index (χ2n) is 12.4. The number of unbranched alkanes of at least 4 members (excludes halogenated alkanes) is 11. The molecule has 0 aliphatic rings. The molecule has 18 heteroatoms. The molecular formula is C34H60BN5O11Y-2. The quantitative estimate of drug-likeness (QED) is 0.0275. The van der Waals surface area contributed by atoms with Gasteiger partial charge >= 0.3 is 17.9 Å². The zero-order valence-electron chi connectivity index (χ0n) is 31.2. The normalized spacial score (nSPS) is 11.4. The minimum Gasteiger partial charge on any atom is -0.666 e. The van der Waals surface area contributed by atoms with Gasteiger partial charge in [0.05, 0.1) is 20.3 Å². The van der Waals surface area contributed by atoms with E-state index in [1.165, 1.54) is 13.1 Å². The van der Waals surface area contributed by atoms with Crippen LogP contribution in [0.15, 0.2) is 0 Å². The van der Waals surface area contributed by atoms with Crippen LogP contribution in [0.1, 0.15) is 123 Å². The molecule has 0 rings (SSSR count). The van der Waals surface area contributed by atoms with Gasteiger partial charge in [0.25, 0.3) is 0 Å². The summed E-state index contributed by atoms with van der Waals surface area (Å²) < 4.78 is 0. The van der Waals surface area contributed by atoms with Crippen LogP contribution in [0.5, 0.6) is 0 Å². The van der Waals surface area contributed by atoms with Gasteiger partial charge in [0.15, 0.2) is 0 Å². The van der Waals surface area contributed by atoms with Crippen molar-refractivity contribution in [3.63, 3.8) is 0 Å². The molecule has 8 N–H and O–H groups in total. The van der Waals surface area contributed by atoms with Crippen molar-refractivity contribution in [2.45, 2.75) is 147 Å². The number of carbonyl (C=O) groups is 7. The van der Waals surface area contributed by atoms with Gasteiger partial charge in [-0.1, -0.05) is 97.0 Å². The summed E-state index contributed by atoms with van der Waals surface area (Å²) in [6.07, 6.45) is 13.7. The molecule has 0 heterocycles. The van der Waals surface area contributed by atoms with Gasteiger partial charge < -0.3 is 51.9 Å². The fourth-order valence-corrected chi connectivity index (χ4v) is 4.40. The van der Waals surface area contributed by atoms with Crippen molar-refractivity contribution in [1.82, 2.24) is 15.5 Å². The fraction of sp³-hybridized carbons (Fsp3) is 0.765. The van der Waals surface area contributed by atoms with Gasteiger partial charge in [-0.25, -0.2) is 11.1 Å². The summed E-state index contributed by atoms with van der Waals surface area (Å²) in [6, 6.07) is -2.58. The summed E-state index contributed by atoms with van der Waals surface area (Å²) in [7, 11) is 4.50. The summed E-state index contributed by atoms with van der Waals surface area (Å²) in [5, 5.41) is 31.7. The first-order valence-electron chi connectivity index (χ1n) is 17.4. The number of hydrogen-bond donors (Lipinski definition) is 6. The molecule has 0 saturated carbocycles. The number of aliphatic carboxylic acids is 3. The molecule has 0 bridgehead atoms. The molecule has 0 aromatic rings. The van der Waals surface area contributed by atoms with E-state index in [1.807, 2.05) is 0 Å². The Labute approximate surface area is 335 Å². The zero-order valence-corrected chi connectivity index (χ0v) is 34.0. The van der Waals surface area contributed by atoms with Gasteiger partial charge in [-0.05, 0) is 19.3 Å². The van der Waals surface area contributed by atoms with Gasteiger partial charge in [-0.15, -0.1) is 0 Å². The van der Waals surface area contributed by atoms with Crippen LogP contribution in [-0.4, -0.2) is 114 Å². The predicted molar refractivity (Wildman–Crippen MR) is 193 cm³/mol. The van der Waals surface area contributed by atoms with E-state index < -0.39 is 66.2 Å². The molecule has 0 aromatic heterocycles. The van der Waals surface area contributed by atoms with Gasteiger partial charge in [-0.2, -0.15) is 0 Å². The van der Waals surface area contributed by atoms with Crippen LogP contribution in [-0.2, 0) is 71.1 Å². The number of nitrogens with two attached hydrogens (primary N) is 1. The molecule has 3 radical (unpaired) electrons. The smallest absolute Gasteiger partial charge is 0.326 e. The number of rotatable bonds is 29. The van der Waals surface area contributed by atoms with E-state index in [2.05, 4.69) is 18.5 Å². The Morgan fingerprint density at radius 2 is 1.25 bits per heavy atom. The minimum atomic E-state index is -1.35. The monoisotopic (exact) mass is 814 g/mol. The summed E-state index contributed by atoms with van der Waals surface area (Å²) in [5.41, 5.74) is 11.5. The largest absolute Gasteiger partial charge is 0.666 e. The fourth-order valence-electron chi connectivity index (χ4n) is 4.40. The van der Waals surface area contributed by atoms with Crippen LogP contribution in [0, 0.1) is 0 Å². The van der Waals surface area contributed by atoms with E-state index in [0.717, 1.165) is 75.5 Å². The number of carbonyl (C=O) groups excluding carboxylic acids is 5. The SMILES string of the molecule is CC(C)([NH-])C=O.N[C@@H](CC(=O)O)C(=O)N(C[C-]=O)CCNC(=O)CCC(NC(=O)CCCCCCCCCCCCCCC(=O)O)C(=O)O.[B]C.[Y]. The Kier molecular flexibility index (Phi) is 39.4. The number of nitrogens with one attached hydrogen (secondary N) is 3. The van der Waals surface area contributed by atoms with E-state index in [4.69, 9.17) is 21.7 Å². The molecule has 0 spiro atoms. The maximum Gasteiger partial charge on any atom is 0.326 e. The number of hydrogen-bond acceptors (Lipinski definition) is 9. The molecule has 52 heavy (non-hydrogen) atoms. The molecule has 295 valence electrons. The second-order valence-corrected chi connectivity index (χ2v) is 12.4. The first-order chi connectivity index (χ1) is 24.0. The average Bonchev–Trinajstić information content (AvgIpc) is 3.06. The van der Waals surface area contributed by atoms with Crippen molar-refractivity contribution < 1.29 is 86.4 Å². The molecule has 3 amide bonds. The van der Waals surface area contributed by atoms with Crippen molar-refractivity contribution >= 4 is 56.0 Å². The molecule has 1 unspecified atom stereocenters. The van der Waals surface area contributed by atoms with E-state index in [9.17, 15) is 43.5 Å². The summed E-state index contributed by atoms with van der Waals surface area (Å²) in [6.45, 7) is 3.94. The molecule has 0 aliphatic heterocycles. The minimum absolute atomic E-state index is 0. The molecule has 0 fully saturated rings. The Balaban J connectivity index is -0.00000115. The van der Waals surface area contributed by atoms with Crippen molar-refractivity contribution in [3.8, 4) is 0 Å². The van der Waals surface area contributed by atoms with E-state index >= 15 is 0 Å². The average molecular weight is 815 g/mol. The summed E-state index contributed by atoms with van der Waals surface area (Å²) in [4.78, 5) is 90.6. The van der Waals surface area contributed by atoms with Crippen LogP contribution in [0.3, 0.4) is 0 Å². The number of carboxylic acids is 3. The van der Waals surface area contributed by atoms with Crippen molar-refractivity contribution in [2.24, 2.45) is 5.73 Å². The second kappa shape index (κ2) is 36.6. The van der Waals surface area contributed by atoms with Gasteiger partial charge in [0, 0.05) is 65.1 Å². The van der Waals surface area contributed by atoms with E-state index in [-0.39, 0.29) is 71.5 Å². The molecular weight excluding hydrogens is 754 g/mol. The standard InChI is InChI=1S/C29H49N4O10.C4H8NO.CH3B.Y/c30-22(21-27(39)40)28(41)33(19-20-34)18-17-31-24(35)16-15-23(29(42)43)32-25(36)13-11-9-7-5-3-1-2-4-6-8-10-12-14-26(37)38;1-4(2,5)3-6;1-2;/h22-23H,1-19,21,30H2,(H,31,35)(H,32,36)(H,37,38)(H,39,40)(H,42,43);3,5H,1-2H3;1H3;/q2*-1;;/t22-,23?;;;/m0.../s1. The Morgan fingerprint density at radius 3 is 1.63 bits per heavy atom. The van der Waals surface area contributed by atoms with Crippen molar-refractivity contribution in [3.05, 3.63) is 5.73 Å². The third-order valence-electron chi connectivity index (χ3n) is 7.12. The van der Waals surface area contributed by atoms with E-state index in [1.54, 1.807) is 13.8 Å². The van der Waals surface area contributed by atoms with Crippen LogP contribution >= 0.6 is 0 Å². The van der Waals surface area contributed by atoms with Crippen LogP contribution in [0.2, 0.25) is 6.82 Å². The Morgan fingerprint density at radius 1 is 0.808 bits per heavy atom. The number of carboxylic acid groups (broad SMARTS) is 3. The van der Waals surface area contributed by atoms with Crippen molar-refractivity contribution in [1.29, 1.82) is 0 Å². The van der Waals surface area contributed by atoms with E-state index in [0.29, 0.717) is 12.7 Å². The molecule has 0 aliphatic carbocycles. The molecule has 0 saturated heterocycles. The summed E-state index contributed by atoms with van der Waals surface area (Å²) in [5.74, 6) is -4.96. The molecule has 2 atom stereocenters. The number of amides is 3. The first-order valence-corrected chi connectivity index (χ1v) is 17.4. The van der Waals surface area contributed by atoms with Crippen molar-refractivity contribution in [2.75, 3.05) is 19.6 Å². The number of aldehydes is 1. The maximum absolute atomic E-state index is 12.2. The predicted octanol–water partition coefficient (Wildman–Crippen LogP) is 2.96. The molecule has 16 nitrogen and oxygen atoms in total. The third-order valence-corrected chi connectivity index (χ3v) is 7.12. The third kappa shape index (κ3) is 38.5. The summed E-state index contributed by atoms with van der Waals surface area (Å²) >= 11 is 0. The number of nitrogens with zero attached hydrogens (tertiary/aromatic N) is 1. The Hall–Kier alpha value is -2.75. The van der Waals surface area contributed by atoms with Gasteiger partial charge in [-0.3, -0.25) is 24.0 Å². The Bertz CT molecular complexity index is 1030. The van der Waals surface area contributed by atoms with Gasteiger partial charge in [0.1, 0.15) is 12.3 Å². The topological polar surface area (TPSA) is 274 Å². The maximum atomic E-state index is 12.2. The first kappa shape index (κ1) is 56.0. The van der Waals surface area contributed by atoms with Crippen LogP contribution < -0.4 is 16.4 Å². The molecule has 0 aromatic carbocycles. The zero-order chi connectivity index (χ0) is 39.7.